The number of hydrogen-bond donors (Lipinski definition) is 1. The normalized spacial score (nSPS) is 15.5. The number of amides is 1. The zero-order valence-electron chi connectivity index (χ0n) is 16.7. The van der Waals surface area contributed by atoms with E-state index in [4.69, 9.17) is 0 Å². The topological polar surface area (TPSA) is 67.2 Å². The zero-order chi connectivity index (χ0) is 20.2. The maximum absolute atomic E-state index is 12.7. The van der Waals surface area contributed by atoms with Gasteiger partial charge in [-0.1, -0.05) is 42.5 Å². The fraction of sp³-hybridized carbons (Fsp3) is 0.348. The molecule has 1 fully saturated rings. The Morgan fingerprint density at radius 3 is 2.52 bits per heavy atom. The number of hydrogen-bond acceptors (Lipinski definition) is 4. The Balaban J connectivity index is 1.36. The number of aryl methyl sites for hydroxylation is 1. The summed E-state index contributed by atoms with van der Waals surface area (Å²) in [5.74, 6) is -0.121. The molecular weight excluding hydrogens is 364 g/mol. The monoisotopic (exact) mass is 390 g/mol. The molecule has 29 heavy (non-hydrogen) atoms. The molecule has 1 aromatic heterocycles. The molecule has 0 saturated carbocycles. The van der Waals surface area contributed by atoms with Crippen molar-refractivity contribution >= 4 is 16.9 Å². The zero-order valence-corrected chi connectivity index (χ0v) is 16.7. The fourth-order valence-electron chi connectivity index (χ4n) is 3.97. The average Bonchev–Trinajstić information content (AvgIpc) is 2.73. The van der Waals surface area contributed by atoms with E-state index in [1.807, 2.05) is 30.3 Å². The molecule has 0 radical (unpaired) electrons. The molecule has 2 heterocycles. The van der Waals surface area contributed by atoms with Crippen LogP contribution in [0.25, 0.3) is 11.0 Å². The lowest BCUT2D eigenvalue weighted by molar-refractivity contribution is -0.122. The molecule has 6 nitrogen and oxygen atoms in total. The van der Waals surface area contributed by atoms with Crippen LogP contribution in [0.3, 0.4) is 0 Å². The van der Waals surface area contributed by atoms with Gasteiger partial charge in [-0.3, -0.25) is 19.1 Å². The number of fused-ring (bicyclic) bond motifs is 1. The predicted octanol–water partition coefficient (Wildman–Crippen LogP) is 2.49. The maximum atomic E-state index is 12.7. The van der Waals surface area contributed by atoms with Crippen LogP contribution < -0.4 is 10.9 Å². The Morgan fingerprint density at radius 1 is 1.07 bits per heavy atom. The molecule has 6 heteroatoms. The van der Waals surface area contributed by atoms with Crippen LogP contribution in [0.1, 0.15) is 24.1 Å². The lowest BCUT2D eigenvalue weighted by atomic mass is 10.0. The predicted molar refractivity (Wildman–Crippen MR) is 114 cm³/mol. The van der Waals surface area contributed by atoms with Crippen LogP contribution in [-0.4, -0.2) is 39.5 Å². The number of benzene rings is 2. The summed E-state index contributed by atoms with van der Waals surface area (Å²) in [4.78, 5) is 31.9. The molecule has 1 amide bonds. The van der Waals surface area contributed by atoms with Gasteiger partial charge in [-0.15, -0.1) is 0 Å². The highest BCUT2D eigenvalue weighted by Gasteiger charge is 2.21. The summed E-state index contributed by atoms with van der Waals surface area (Å²) >= 11 is 0. The van der Waals surface area contributed by atoms with Gasteiger partial charge in [0.15, 0.2) is 0 Å². The Hall–Kier alpha value is -2.99. The van der Waals surface area contributed by atoms with Gasteiger partial charge in [0, 0.05) is 25.7 Å². The van der Waals surface area contributed by atoms with E-state index < -0.39 is 0 Å². The maximum Gasteiger partial charge on any atom is 0.272 e. The quantitative estimate of drug-likeness (QED) is 0.727. The summed E-state index contributed by atoms with van der Waals surface area (Å²) in [6.07, 6.45) is 1.84. The molecule has 0 aliphatic carbocycles. The average molecular weight is 390 g/mol. The van der Waals surface area contributed by atoms with E-state index >= 15 is 0 Å². The number of nitrogens with one attached hydrogen (secondary N) is 1. The largest absolute Gasteiger partial charge is 0.352 e. The van der Waals surface area contributed by atoms with Crippen molar-refractivity contribution in [3.8, 4) is 0 Å². The minimum Gasteiger partial charge on any atom is -0.352 e. The summed E-state index contributed by atoms with van der Waals surface area (Å²) < 4.78 is 1.53. The first-order valence-electron chi connectivity index (χ1n) is 10.1. The summed E-state index contributed by atoms with van der Waals surface area (Å²) in [7, 11) is 0. The minimum absolute atomic E-state index is 0.0208. The fourth-order valence-corrected chi connectivity index (χ4v) is 3.97. The van der Waals surface area contributed by atoms with E-state index in [0.29, 0.717) is 11.2 Å². The number of carbonyl (C=O) groups excluding carboxylic acids is 1. The van der Waals surface area contributed by atoms with Crippen LogP contribution in [0.5, 0.6) is 0 Å². The van der Waals surface area contributed by atoms with Crippen molar-refractivity contribution in [1.82, 2.24) is 19.8 Å². The molecule has 0 unspecified atom stereocenters. The Labute approximate surface area is 170 Å². The van der Waals surface area contributed by atoms with Crippen LogP contribution in [0.2, 0.25) is 0 Å². The summed E-state index contributed by atoms with van der Waals surface area (Å²) in [5.41, 5.74) is 2.93. The van der Waals surface area contributed by atoms with Crippen molar-refractivity contribution in [3.05, 3.63) is 76.2 Å². The third-order valence-electron chi connectivity index (χ3n) is 5.52. The number of carbonyl (C=O) groups is 1. The highest BCUT2D eigenvalue weighted by Crippen LogP contribution is 2.14. The van der Waals surface area contributed by atoms with E-state index in [-0.39, 0.29) is 24.1 Å². The van der Waals surface area contributed by atoms with Gasteiger partial charge in [-0.05, 0) is 37.5 Å². The SMILES string of the molecule is Cc1nc2ccccc2n(CC(=O)NC2CCN(Cc3ccccc3)CC2)c1=O. The van der Waals surface area contributed by atoms with E-state index in [1.54, 1.807) is 6.92 Å². The Bertz CT molecular complexity index is 1050. The first-order valence-corrected chi connectivity index (χ1v) is 10.1. The highest BCUT2D eigenvalue weighted by atomic mass is 16.2. The van der Waals surface area contributed by atoms with Crippen molar-refractivity contribution in [2.45, 2.75) is 38.9 Å². The van der Waals surface area contributed by atoms with Gasteiger partial charge in [0.25, 0.3) is 5.56 Å². The number of likely N-dealkylation sites (tertiary alicyclic amines) is 1. The molecule has 150 valence electrons. The summed E-state index contributed by atoms with van der Waals surface area (Å²) in [5, 5.41) is 3.12. The lowest BCUT2D eigenvalue weighted by Gasteiger charge is -2.32. The molecule has 1 aliphatic rings. The standard InChI is InChI=1S/C23H26N4O2/c1-17-23(29)27(21-10-6-5-9-20(21)24-17)16-22(28)25-19-11-13-26(14-12-19)15-18-7-3-2-4-8-18/h2-10,19H,11-16H2,1H3,(H,25,28). The number of rotatable bonds is 5. The molecule has 1 aliphatic heterocycles. The molecule has 0 bridgehead atoms. The molecule has 0 spiro atoms. The van der Waals surface area contributed by atoms with Crippen LogP contribution in [-0.2, 0) is 17.9 Å². The van der Waals surface area contributed by atoms with E-state index in [2.05, 4.69) is 39.5 Å². The van der Waals surface area contributed by atoms with Gasteiger partial charge in [0.05, 0.1) is 11.0 Å². The van der Waals surface area contributed by atoms with Crippen LogP contribution in [0.4, 0.5) is 0 Å². The number of aromatic nitrogens is 2. The summed E-state index contributed by atoms with van der Waals surface area (Å²) in [6, 6.07) is 18.0. The van der Waals surface area contributed by atoms with Crippen LogP contribution in [0, 0.1) is 6.92 Å². The minimum atomic E-state index is -0.212. The first kappa shape index (κ1) is 19.3. The molecule has 1 N–H and O–H groups in total. The van der Waals surface area contributed by atoms with E-state index in [9.17, 15) is 9.59 Å². The van der Waals surface area contributed by atoms with Crippen molar-refractivity contribution in [3.63, 3.8) is 0 Å². The van der Waals surface area contributed by atoms with E-state index in [1.165, 1.54) is 10.1 Å². The van der Waals surface area contributed by atoms with Crippen LogP contribution >= 0.6 is 0 Å². The van der Waals surface area contributed by atoms with Crippen molar-refractivity contribution in [2.24, 2.45) is 0 Å². The van der Waals surface area contributed by atoms with Crippen molar-refractivity contribution in [2.75, 3.05) is 13.1 Å². The van der Waals surface area contributed by atoms with Gasteiger partial charge >= 0.3 is 0 Å². The highest BCUT2D eigenvalue weighted by molar-refractivity contribution is 5.80. The van der Waals surface area contributed by atoms with Crippen molar-refractivity contribution < 1.29 is 4.79 Å². The lowest BCUT2D eigenvalue weighted by Crippen LogP contribution is -2.46. The Morgan fingerprint density at radius 2 is 1.76 bits per heavy atom. The number of para-hydroxylation sites is 2. The van der Waals surface area contributed by atoms with Crippen LogP contribution in [0.15, 0.2) is 59.4 Å². The molecular formula is C23H26N4O2. The third-order valence-corrected chi connectivity index (χ3v) is 5.52. The smallest absolute Gasteiger partial charge is 0.272 e. The van der Waals surface area contributed by atoms with Crippen molar-refractivity contribution in [1.29, 1.82) is 0 Å². The molecule has 4 rings (SSSR count). The number of nitrogens with zero attached hydrogens (tertiary/aromatic N) is 3. The molecule has 2 aromatic carbocycles. The van der Waals surface area contributed by atoms with E-state index in [0.717, 1.165) is 38.0 Å². The second-order valence-corrected chi connectivity index (χ2v) is 7.68. The molecule has 0 atom stereocenters. The van der Waals surface area contributed by atoms with Gasteiger partial charge in [0.1, 0.15) is 12.2 Å². The van der Waals surface area contributed by atoms with Gasteiger partial charge in [-0.2, -0.15) is 0 Å². The molecule has 1 saturated heterocycles. The second kappa shape index (κ2) is 8.57. The third kappa shape index (κ3) is 4.54. The first-order chi connectivity index (χ1) is 14.1. The van der Waals surface area contributed by atoms with Gasteiger partial charge < -0.3 is 5.32 Å². The van der Waals surface area contributed by atoms with Gasteiger partial charge in [0.2, 0.25) is 5.91 Å². The second-order valence-electron chi connectivity index (χ2n) is 7.68. The Kier molecular flexibility index (Phi) is 5.71. The number of piperidine rings is 1. The summed E-state index contributed by atoms with van der Waals surface area (Å²) in [6.45, 7) is 4.56. The van der Waals surface area contributed by atoms with Gasteiger partial charge in [-0.25, -0.2) is 4.98 Å². The molecule has 3 aromatic rings.